The SMILES string of the molecule is CC1(C)CCC(O)(CN2C(=O)CCCCC2=O)CC1. The van der Waals surface area contributed by atoms with E-state index in [-0.39, 0.29) is 23.8 Å². The van der Waals surface area contributed by atoms with Crippen molar-refractivity contribution in [3.63, 3.8) is 0 Å². The van der Waals surface area contributed by atoms with Crippen LogP contribution in [-0.2, 0) is 9.59 Å². The molecule has 4 heteroatoms. The zero-order valence-electron chi connectivity index (χ0n) is 12.1. The average Bonchev–Trinajstić information content (AvgIpc) is 2.49. The van der Waals surface area contributed by atoms with Crippen molar-refractivity contribution in [2.75, 3.05) is 6.54 Å². The summed E-state index contributed by atoms with van der Waals surface area (Å²) in [4.78, 5) is 25.2. The number of carbonyl (C=O) groups is 2. The number of carbonyl (C=O) groups excluding carboxylic acids is 2. The van der Waals surface area contributed by atoms with E-state index in [9.17, 15) is 14.7 Å². The first kappa shape index (κ1) is 14.5. The molecule has 2 fully saturated rings. The van der Waals surface area contributed by atoms with Crippen LogP contribution in [0.25, 0.3) is 0 Å². The Hall–Kier alpha value is -0.900. The highest BCUT2D eigenvalue weighted by atomic mass is 16.3. The standard InChI is InChI=1S/C15H25NO3/c1-14(2)7-9-15(19,10-8-14)11-16-12(17)5-3-4-6-13(16)18/h19H,3-11H2,1-2H3. The molecule has 1 saturated heterocycles. The average molecular weight is 267 g/mol. The quantitative estimate of drug-likeness (QED) is 0.781. The minimum atomic E-state index is -0.870. The van der Waals surface area contributed by atoms with Crippen molar-refractivity contribution in [2.24, 2.45) is 5.41 Å². The van der Waals surface area contributed by atoms with Gasteiger partial charge < -0.3 is 5.11 Å². The lowest BCUT2D eigenvalue weighted by Gasteiger charge is -2.42. The van der Waals surface area contributed by atoms with Crippen LogP contribution in [0.15, 0.2) is 0 Å². The number of amides is 2. The number of hydrogen-bond acceptors (Lipinski definition) is 3. The smallest absolute Gasteiger partial charge is 0.229 e. The molecule has 1 saturated carbocycles. The van der Waals surface area contributed by atoms with E-state index >= 15 is 0 Å². The molecule has 0 bridgehead atoms. The van der Waals surface area contributed by atoms with E-state index in [2.05, 4.69) is 13.8 Å². The summed E-state index contributed by atoms with van der Waals surface area (Å²) >= 11 is 0. The number of nitrogens with zero attached hydrogens (tertiary/aromatic N) is 1. The lowest BCUT2D eigenvalue weighted by atomic mass is 9.71. The van der Waals surface area contributed by atoms with Gasteiger partial charge in [0.1, 0.15) is 0 Å². The fourth-order valence-electron chi connectivity index (χ4n) is 2.98. The lowest BCUT2D eigenvalue weighted by Crippen LogP contribution is -2.50. The molecule has 1 heterocycles. The predicted molar refractivity (Wildman–Crippen MR) is 72.4 cm³/mol. The molecule has 0 unspecified atom stereocenters. The van der Waals surface area contributed by atoms with Gasteiger partial charge in [-0.25, -0.2) is 0 Å². The second kappa shape index (κ2) is 5.23. The molecule has 0 spiro atoms. The second-order valence-electron chi connectivity index (χ2n) is 6.97. The molecule has 0 aromatic heterocycles. The van der Waals surface area contributed by atoms with Gasteiger partial charge in [0.15, 0.2) is 0 Å². The van der Waals surface area contributed by atoms with Gasteiger partial charge in [-0.3, -0.25) is 14.5 Å². The number of aliphatic hydroxyl groups is 1. The van der Waals surface area contributed by atoms with E-state index in [1.807, 2.05) is 0 Å². The fraction of sp³-hybridized carbons (Fsp3) is 0.867. The molecular weight excluding hydrogens is 242 g/mol. The van der Waals surface area contributed by atoms with Crippen LogP contribution in [0, 0.1) is 5.41 Å². The van der Waals surface area contributed by atoms with Gasteiger partial charge in [-0.1, -0.05) is 13.8 Å². The Morgan fingerprint density at radius 2 is 1.47 bits per heavy atom. The van der Waals surface area contributed by atoms with Crippen LogP contribution < -0.4 is 0 Å². The molecule has 2 aliphatic rings. The van der Waals surface area contributed by atoms with E-state index in [1.165, 1.54) is 4.90 Å². The normalized spacial score (nSPS) is 27.2. The molecule has 1 aliphatic heterocycles. The maximum Gasteiger partial charge on any atom is 0.229 e. The number of hydrogen-bond donors (Lipinski definition) is 1. The van der Waals surface area contributed by atoms with Gasteiger partial charge in [-0.05, 0) is 43.9 Å². The van der Waals surface area contributed by atoms with Crippen molar-refractivity contribution in [1.29, 1.82) is 0 Å². The summed E-state index contributed by atoms with van der Waals surface area (Å²) in [5, 5.41) is 10.6. The van der Waals surface area contributed by atoms with Gasteiger partial charge in [0.25, 0.3) is 0 Å². The summed E-state index contributed by atoms with van der Waals surface area (Å²) in [7, 11) is 0. The topological polar surface area (TPSA) is 57.6 Å². The highest BCUT2D eigenvalue weighted by molar-refractivity contribution is 5.96. The summed E-state index contributed by atoms with van der Waals surface area (Å²) < 4.78 is 0. The first-order chi connectivity index (χ1) is 8.81. The summed E-state index contributed by atoms with van der Waals surface area (Å²) in [6.45, 7) is 4.60. The van der Waals surface area contributed by atoms with Crippen molar-refractivity contribution in [2.45, 2.75) is 70.8 Å². The van der Waals surface area contributed by atoms with E-state index in [1.54, 1.807) is 0 Å². The Labute approximate surface area is 115 Å². The third-order valence-electron chi connectivity index (χ3n) is 4.62. The molecule has 0 radical (unpaired) electrons. The van der Waals surface area contributed by atoms with Gasteiger partial charge in [0.2, 0.25) is 11.8 Å². The molecule has 0 atom stereocenters. The van der Waals surface area contributed by atoms with Gasteiger partial charge in [0.05, 0.1) is 12.1 Å². The third-order valence-corrected chi connectivity index (χ3v) is 4.62. The van der Waals surface area contributed by atoms with Crippen LogP contribution >= 0.6 is 0 Å². The predicted octanol–water partition coefficient (Wildman–Crippen LogP) is 2.25. The number of rotatable bonds is 2. The lowest BCUT2D eigenvalue weighted by molar-refractivity contribution is -0.149. The van der Waals surface area contributed by atoms with E-state index in [0.717, 1.165) is 25.7 Å². The highest BCUT2D eigenvalue weighted by Gasteiger charge is 2.40. The Morgan fingerprint density at radius 3 is 1.95 bits per heavy atom. The van der Waals surface area contributed by atoms with Gasteiger partial charge in [0, 0.05) is 12.8 Å². The van der Waals surface area contributed by atoms with Crippen LogP contribution in [0.1, 0.15) is 65.2 Å². The molecule has 4 nitrogen and oxygen atoms in total. The molecule has 0 aromatic carbocycles. The van der Waals surface area contributed by atoms with Crippen LogP contribution in [0.3, 0.4) is 0 Å². The zero-order valence-corrected chi connectivity index (χ0v) is 12.1. The van der Waals surface area contributed by atoms with E-state index < -0.39 is 5.60 Å². The second-order valence-corrected chi connectivity index (χ2v) is 6.97. The van der Waals surface area contributed by atoms with Crippen molar-refractivity contribution < 1.29 is 14.7 Å². The first-order valence-electron chi connectivity index (χ1n) is 7.37. The summed E-state index contributed by atoms with van der Waals surface area (Å²) in [5.74, 6) is -0.221. The van der Waals surface area contributed by atoms with E-state index in [0.29, 0.717) is 25.7 Å². The summed E-state index contributed by atoms with van der Waals surface area (Å²) in [6.07, 6.45) is 5.69. The van der Waals surface area contributed by atoms with Crippen molar-refractivity contribution >= 4 is 11.8 Å². The Balaban J connectivity index is 2.02. The minimum Gasteiger partial charge on any atom is -0.388 e. The molecule has 0 aromatic rings. The van der Waals surface area contributed by atoms with Crippen LogP contribution in [0.5, 0.6) is 0 Å². The van der Waals surface area contributed by atoms with Crippen molar-refractivity contribution in [3.05, 3.63) is 0 Å². The first-order valence-corrected chi connectivity index (χ1v) is 7.37. The van der Waals surface area contributed by atoms with Crippen LogP contribution in [0.4, 0.5) is 0 Å². The Kier molecular flexibility index (Phi) is 4.00. The monoisotopic (exact) mass is 267 g/mol. The molecule has 1 aliphatic carbocycles. The maximum absolute atomic E-state index is 12.0. The summed E-state index contributed by atoms with van der Waals surface area (Å²) in [5.41, 5.74) is -0.607. The number of likely N-dealkylation sites (tertiary alicyclic amines) is 1. The molecule has 108 valence electrons. The van der Waals surface area contributed by atoms with Gasteiger partial charge >= 0.3 is 0 Å². The number of β-amino-alcohol motifs (C(OH)–C–C–N with tert-alkyl or cyclic N) is 1. The van der Waals surface area contributed by atoms with Crippen LogP contribution in [-0.4, -0.2) is 34.0 Å². The Bertz CT molecular complexity index is 348. The molecule has 1 N–H and O–H groups in total. The van der Waals surface area contributed by atoms with Gasteiger partial charge in [-0.15, -0.1) is 0 Å². The molecule has 2 amide bonds. The zero-order chi connectivity index (χ0) is 14.1. The van der Waals surface area contributed by atoms with Crippen LogP contribution in [0.2, 0.25) is 0 Å². The molecule has 19 heavy (non-hydrogen) atoms. The third kappa shape index (κ3) is 3.56. The summed E-state index contributed by atoms with van der Waals surface area (Å²) in [6, 6.07) is 0. The Morgan fingerprint density at radius 1 is 1.00 bits per heavy atom. The van der Waals surface area contributed by atoms with Crippen molar-refractivity contribution in [1.82, 2.24) is 4.90 Å². The minimum absolute atomic E-state index is 0.110. The number of imide groups is 1. The van der Waals surface area contributed by atoms with Gasteiger partial charge in [-0.2, -0.15) is 0 Å². The maximum atomic E-state index is 12.0. The molecular formula is C15H25NO3. The fourth-order valence-corrected chi connectivity index (χ4v) is 2.98. The molecule has 2 rings (SSSR count). The highest BCUT2D eigenvalue weighted by Crippen LogP contribution is 2.40. The van der Waals surface area contributed by atoms with Crippen molar-refractivity contribution in [3.8, 4) is 0 Å². The largest absolute Gasteiger partial charge is 0.388 e. The van der Waals surface area contributed by atoms with E-state index in [4.69, 9.17) is 0 Å².